The van der Waals surface area contributed by atoms with Crippen molar-refractivity contribution >= 4 is 6.03 Å². The monoisotopic (exact) mass is 314 g/mol. The van der Waals surface area contributed by atoms with Crippen LogP contribution in [0.1, 0.15) is 43.2 Å². The maximum absolute atomic E-state index is 12.3. The van der Waals surface area contributed by atoms with Crippen LogP contribution in [0.2, 0.25) is 0 Å². The molecule has 2 bridgehead atoms. The van der Waals surface area contributed by atoms with Crippen LogP contribution in [0.15, 0.2) is 24.3 Å². The lowest BCUT2D eigenvalue weighted by atomic mass is 9.79. The van der Waals surface area contributed by atoms with Gasteiger partial charge in [0.2, 0.25) is 0 Å². The summed E-state index contributed by atoms with van der Waals surface area (Å²) in [4.78, 5) is 12.3. The average Bonchev–Trinajstić information content (AvgIpc) is 3.25. The number of amides is 2. The summed E-state index contributed by atoms with van der Waals surface area (Å²) in [5.41, 5.74) is 1.86. The predicted octanol–water partition coefficient (Wildman–Crippen LogP) is 2.80. The molecule has 3 aliphatic carbocycles. The predicted molar refractivity (Wildman–Crippen MR) is 88.6 cm³/mol. The van der Waals surface area contributed by atoms with Gasteiger partial charge in [0, 0.05) is 12.6 Å². The minimum Gasteiger partial charge on any atom is -0.392 e. The van der Waals surface area contributed by atoms with Crippen LogP contribution in [0.3, 0.4) is 0 Å². The highest BCUT2D eigenvalue weighted by Crippen LogP contribution is 2.58. The number of rotatable bonds is 4. The van der Waals surface area contributed by atoms with Gasteiger partial charge >= 0.3 is 6.03 Å². The van der Waals surface area contributed by atoms with Crippen molar-refractivity contribution in [2.24, 2.45) is 23.7 Å². The molecule has 0 heterocycles. The number of urea groups is 1. The number of aliphatic hydroxyl groups is 1. The summed E-state index contributed by atoms with van der Waals surface area (Å²) < 4.78 is 0. The van der Waals surface area contributed by atoms with Crippen LogP contribution in [0.25, 0.3) is 0 Å². The Morgan fingerprint density at radius 2 is 1.87 bits per heavy atom. The van der Waals surface area contributed by atoms with Gasteiger partial charge in [-0.05, 0) is 60.5 Å². The number of benzene rings is 1. The molecule has 4 nitrogen and oxygen atoms in total. The van der Waals surface area contributed by atoms with Gasteiger partial charge in [0.15, 0.2) is 0 Å². The molecule has 3 aliphatic rings. The van der Waals surface area contributed by atoms with Crippen LogP contribution < -0.4 is 10.6 Å². The number of hydrogen-bond donors (Lipinski definition) is 3. The zero-order valence-corrected chi connectivity index (χ0v) is 13.5. The average molecular weight is 314 g/mol. The molecule has 0 radical (unpaired) electrons. The van der Waals surface area contributed by atoms with Crippen LogP contribution in [0.5, 0.6) is 0 Å². The number of aliphatic hydroxyl groups excluding tert-OH is 1. The van der Waals surface area contributed by atoms with Gasteiger partial charge in [-0.15, -0.1) is 0 Å². The van der Waals surface area contributed by atoms with Crippen molar-refractivity contribution in [3.63, 3.8) is 0 Å². The maximum Gasteiger partial charge on any atom is 0.315 e. The highest BCUT2D eigenvalue weighted by molar-refractivity contribution is 5.74. The molecule has 4 heteroatoms. The summed E-state index contributed by atoms with van der Waals surface area (Å²) >= 11 is 0. The molecule has 124 valence electrons. The highest BCUT2D eigenvalue weighted by Gasteiger charge is 2.53. The number of hydrogen-bond acceptors (Lipinski definition) is 2. The SMILES string of the molecule is O=C(NCc1ccccc1CO)NC1CC2CC1C1CCCC21. The molecule has 3 saturated carbocycles. The topological polar surface area (TPSA) is 61.4 Å². The van der Waals surface area contributed by atoms with Gasteiger partial charge in [-0.2, -0.15) is 0 Å². The van der Waals surface area contributed by atoms with Crippen molar-refractivity contribution in [2.45, 2.75) is 51.3 Å². The smallest absolute Gasteiger partial charge is 0.315 e. The van der Waals surface area contributed by atoms with E-state index in [0.29, 0.717) is 18.5 Å². The van der Waals surface area contributed by atoms with Gasteiger partial charge < -0.3 is 15.7 Å². The first-order chi connectivity index (χ1) is 11.3. The van der Waals surface area contributed by atoms with Gasteiger partial charge in [-0.1, -0.05) is 30.7 Å². The molecule has 4 rings (SSSR count). The van der Waals surface area contributed by atoms with Crippen molar-refractivity contribution in [1.82, 2.24) is 10.6 Å². The number of carbonyl (C=O) groups is 1. The Morgan fingerprint density at radius 1 is 1.09 bits per heavy atom. The van der Waals surface area contributed by atoms with Crippen LogP contribution in [0, 0.1) is 23.7 Å². The molecule has 1 aromatic rings. The van der Waals surface area contributed by atoms with E-state index in [1.54, 1.807) is 0 Å². The van der Waals surface area contributed by atoms with Gasteiger partial charge in [0.05, 0.1) is 6.61 Å². The van der Waals surface area contributed by atoms with Gasteiger partial charge in [-0.3, -0.25) is 0 Å². The van der Waals surface area contributed by atoms with Crippen molar-refractivity contribution in [3.05, 3.63) is 35.4 Å². The van der Waals surface area contributed by atoms with Crippen LogP contribution in [0.4, 0.5) is 4.79 Å². The largest absolute Gasteiger partial charge is 0.392 e. The van der Waals surface area contributed by atoms with Crippen LogP contribution in [-0.2, 0) is 13.2 Å². The van der Waals surface area contributed by atoms with Crippen molar-refractivity contribution in [2.75, 3.05) is 0 Å². The van der Waals surface area contributed by atoms with E-state index in [4.69, 9.17) is 0 Å². The maximum atomic E-state index is 12.3. The lowest BCUT2D eigenvalue weighted by molar-refractivity contribution is 0.197. The zero-order chi connectivity index (χ0) is 15.8. The summed E-state index contributed by atoms with van der Waals surface area (Å²) in [6.45, 7) is 0.477. The second-order valence-corrected chi connectivity index (χ2v) is 7.51. The summed E-state index contributed by atoms with van der Waals surface area (Å²) in [6.07, 6.45) is 6.68. The Kier molecular flexibility index (Phi) is 4.02. The summed E-state index contributed by atoms with van der Waals surface area (Å²) in [7, 11) is 0. The first kappa shape index (κ1) is 15.0. The van der Waals surface area contributed by atoms with Crippen molar-refractivity contribution < 1.29 is 9.90 Å². The van der Waals surface area contributed by atoms with Gasteiger partial charge in [-0.25, -0.2) is 4.79 Å². The molecule has 0 aliphatic heterocycles. The Labute approximate surface area is 137 Å². The Bertz CT molecular complexity index is 588. The van der Waals surface area contributed by atoms with Crippen LogP contribution >= 0.6 is 0 Å². The summed E-state index contributed by atoms with van der Waals surface area (Å²) in [6, 6.07) is 7.99. The third-order valence-corrected chi connectivity index (χ3v) is 6.47. The van der Waals surface area contributed by atoms with Crippen molar-refractivity contribution in [3.8, 4) is 0 Å². The minimum absolute atomic E-state index is 0.00885. The molecule has 0 aromatic heterocycles. The quantitative estimate of drug-likeness (QED) is 0.800. The number of fused-ring (bicyclic) bond motifs is 5. The minimum atomic E-state index is -0.0650. The zero-order valence-electron chi connectivity index (χ0n) is 13.5. The van der Waals surface area contributed by atoms with Gasteiger partial charge in [0.1, 0.15) is 0 Å². The summed E-state index contributed by atoms with van der Waals surface area (Å²) in [5, 5.41) is 15.5. The normalized spacial score (nSPS) is 34.4. The Morgan fingerprint density at radius 3 is 2.70 bits per heavy atom. The third-order valence-electron chi connectivity index (χ3n) is 6.47. The molecule has 23 heavy (non-hydrogen) atoms. The molecular formula is C19H26N2O2. The van der Waals surface area contributed by atoms with Crippen LogP contribution in [-0.4, -0.2) is 17.2 Å². The summed E-state index contributed by atoms with van der Waals surface area (Å²) in [5.74, 6) is 3.39. The van der Waals surface area contributed by atoms with E-state index in [9.17, 15) is 9.90 Å². The molecular weight excluding hydrogens is 288 g/mol. The van der Waals surface area contributed by atoms with E-state index in [1.807, 2.05) is 24.3 Å². The van der Waals surface area contributed by atoms with E-state index in [2.05, 4.69) is 10.6 Å². The molecule has 0 spiro atoms. The Hall–Kier alpha value is -1.55. The lowest BCUT2D eigenvalue weighted by Gasteiger charge is -2.32. The second kappa shape index (κ2) is 6.16. The molecule has 1 aromatic carbocycles. The number of carbonyl (C=O) groups excluding carboxylic acids is 1. The van der Waals surface area contributed by atoms with E-state index >= 15 is 0 Å². The standard InChI is InChI=1S/C19H26N2O2/c22-11-13-5-2-1-4-12(13)10-20-19(23)21-18-9-14-8-17(18)16-7-3-6-15(14)16/h1-2,4-5,14-18,22H,3,6-11H2,(H2,20,21,23). The lowest BCUT2D eigenvalue weighted by Crippen LogP contribution is -2.46. The fourth-order valence-corrected chi connectivity index (χ4v) is 5.51. The van der Waals surface area contributed by atoms with E-state index in [1.165, 1.54) is 32.1 Å². The molecule has 0 saturated heterocycles. The molecule has 2 amide bonds. The fourth-order valence-electron chi connectivity index (χ4n) is 5.51. The van der Waals surface area contributed by atoms with Crippen molar-refractivity contribution in [1.29, 1.82) is 0 Å². The van der Waals surface area contributed by atoms with E-state index in [0.717, 1.165) is 28.9 Å². The molecule has 3 N–H and O–H groups in total. The second-order valence-electron chi connectivity index (χ2n) is 7.51. The van der Waals surface area contributed by atoms with E-state index < -0.39 is 0 Å². The first-order valence-electron chi connectivity index (χ1n) is 8.98. The number of nitrogens with one attached hydrogen (secondary N) is 2. The molecule has 5 unspecified atom stereocenters. The van der Waals surface area contributed by atoms with Gasteiger partial charge in [0.25, 0.3) is 0 Å². The highest BCUT2D eigenvalue weighted by atomic mass is 16.3. The first-order valence-corrected chi connectivity index (χ1v) is 8.98. The molecule has 5 atom stereocenters. The Balaban J connectivity index is 1.31. The third kappa shape index (κ3) is 2.74. The molecule has 3 fully saturated rings. The fraction of sp³-hybridized carbons (Fsp3) is 0.632. The van der Waals surface area contributed by atoms with E-state index in [-0.39, 0.29) is 12.6 Å².